The maximum Gasteiger partial charge on any atom is 0.413 e. The van der Waals surface area contributed by atoms with Gasteiger partial charge < -0.3 is 35.7 Å². The van der Waals surface area contributed by atoms with E-state index in [1.165, 1.54) is 19.2 Å². The van der Waals surface area contributed by atoms with Gasteiger partial charge >= 0.3 is 12.1 Å². The standard InChI is InChI=1S/C21H32N6O8S/c1-10(28)7-22-8-11-13(15(29)23-11)25-16(30)14(27-35-21(5,6)17(31)32)12-9-36-18(24-12)26-19(33)34-20(2,3)4/h9-11,13,22,28H,7-8H2,1-6H3,(H,23,29)(H,25,30)(H,31,32)(H,24,26,33)/b27-14-/t10-,11-,13+/m1/s1. The SMILES string of the molecule is C[C@@H](O)CNC[C@H]1NC(=O)[C@H]1NC(=O)/C(=N\OC(C)(C)C(=O)O)c1csc(NC(=O)OC(C)(C)C)n1. The van der Waals surface area contributed by atoms with Gasteiger partial charge in [0, 0.05) is 18.5 Å². The Balaban J connectivity index is 2.21. The lowest BCUT2D eigenvalue weighted by atomic mass is 9.98. The van der Waals surface area contributed by atoms with Crippen molar-refractivity contribution in [1.29, 1.82) is 0 Å². The average molecular weight is 529 g/mol. The molecule has 1 aliphatic heterocycles. The molecule has 0 aromatic carbocycles. The number of thiazole rings is 1. The van der Waals surface area contributed by atoms with Crippen LogP contribution in [0, 0.1) is 0 Å². The number of nitrogens with zero attached hydrogens (tertiary/aromatic N) is 2. The van der Waals surface area contributed by atoms with E-state index in [1.54, 1.807) is 27.7 Å². The van der Waals surface area contributed by atoms with E-state index in [0.717, 1.165) is 11.3 Å². The molecule has 3 atom stereocenters. The van der Waals surface area contributed by atoms with Crippen molar-refractivity contribution in [2.45, 2.75) is 70.9 Å². The monoisotopic (exact) mass is 528 g/mol. The Morgan fingerprint density at radius 2 is 1.94 bits per heavy atom. The number of amides is 3. The number of nitrogens with one attached hydrogen (secondary N) is 4. The highest BCUT2D eigenvalue weighted by Gasteiger charge is 2.41. The summed E-state index contributed by atoms with van der Waals surface area (Å²) in [6, 6.07) is -1.35. The Kier molecular flexibility index (Phi) is 9.34. The summed E-state index contributed by atoms with van der Waals surface area (Å²) in [6.45, 7) is 9.76. The summed E-state index contributed by atoms with van der Waals surface area (Å²) in [6.07, 6.45) is -1.34. The summed E-state index contributed by atoms with van der Waals surface area (Å²) in [4.78, 5) is 57.8. The maximum absolute atomic E-state index is 13.1. The minimum atomic E-state index is -1.76. The largest absolute Gasteiger partial charge is 0.478 e. The highest BCUT2D eigenvalue weighted by atomic mass is 32.1. The van der Waals surface area contributed by atoms with Crippen LogP contribution in [-0.2, 0) is 24.0 Å². The molecule has 0 saturated carbocycles. The zero-order chi connectivity index (χ0) is 27.3. The topological polar surface area (TPSA) is 201 Å². The third kappa shape index (κ3) is 8.42. The Labute approximate surface area is 211 Å². The second kappa shape index (κ2) is 11.6. The average Bonchev–Trinajstić information content (AvgIpc) is 3.17. The molecule has 1 aliphatic rings. The van der Waals surface area contributed by atoms with Gasteiger partial charge in [0.2, 0.25) is 11.5 Å². The predicted octanol–water partition coefficient (Wildman–Crippen LogP) is 0.0276. The first-order chi connectivity index (χ1) is 16.6. The molecule has 1 fully saturated rings. The number of aliphatic hydroxyl groups excluding tert-OH is 1. The molecule has 6 N–H and O–H groups in total. The molecule has 2 heterocycles. The maximum atomic E-state index is 13.1. The van der Waals surface area contributed by atoms with Crippen LogP contribution in [0.15, 0.2) is 10.5 Å². The predicted molar refractivity (Wildman–Crippen MR) is 130 cm³/mol. The number of aliphatic carboxylic acids is 1. The van der Waals surface area contributed by atoms with E-state index in [-0.39, 0.29) is 17.4 Å². The molecule has 0 spiro atoms. The van der Waals surface area contributed by atoms with E-state index in [2.05, 4.69) is 31.4 Å². The molecule has 0 radical (unpaired) electrons. The van der Waals surface area contributed by atoms with Gasteiger partial charge in [0.15, 0.2) is 10.8 Å². The molecule has 1 saturated heterocycles. The summed E-state index contributed by atoms with van der Waals surface area (Å²) in [5.41, 5.74) is -2.92. The lowest BCUT2D eigenvalue weighted by Crippen LogP contribution is -2.72. The number of hydrogen-bond donors (Lipinski definition) is 6. The van der Waals surface area contributed by atoms with Gasteiger partial charge in [0.1, 0.15) is 17.3 Å². The zero-order valence-electron chi connectivity index (χ0n) is 20.9. The van der Waals surface area contributed by atoms with Gasteiger partial charge in [-0.05, 0) is 41.5 Å². The van der Waals surface area contributed by atoms with Crippen LogP contribution in [0.1, 0.15) is 47.2 Å². The van der Waals surface area contributed by atoms with Crippen molar-refractivity contribution in [3.8, 4) is 0 Å². The van der Waals surface area contributed by atoms with Crippen molar-refractivity contribution in [2.24, 2.45) is 5.16 Å². The van der Waals surface area contributed by atoms with Crippen LogP contribution in [0.5, 0.6) is 0 Å². The first-order valence-corrected chi connectivity index (χ1v) is 11.9. The number of carbonyl (C=O) groups is 4. The number of carboxylic acids is 1. The van der Waals surface area contributed by atoms with Crippen LogP contribution in [0.25, 0.3) is 0 Å². The number of carboxylic acid groups (broad SMARTS) is 1. The Morgan fingerprint density at radius 3 is 2.50 bits per heavy atom. The molecule has 200 valence electrons. The Bertz CT molecular complexity index is 1020. The van der Waals surface area contributed by atoms with Gasteiger partial charge in [-0.15, -0.1) is 11.3 Å². The van der Waals surface area contributed by atoms with Crippen LogP contribution in [0.4, 0.5) is 9.93 Å². The van der Waals surface area contributed by atoms with Crippen molar-refractivity contribution in [1.82, 2.24) is 20.9 Å². The number of carbonyl (C=O) groups excluding carboxylic acids is 3. The van der Waals surface area contributed by atoms with Gasteiger partial charge in [-0.1, -0.05) is 5.16 Å². The van der Waals surface area contributed by atoms with Gasteiger partial charge in [0.25, 0.3) is 5.91 Å². The minimum Gasteiger partial charge on any atom is -0.478 e. The van der Waals surface area contributed by atoms with E-state index in [0.29, 0.717) is 6.54 Å². The second-order valence-electron chi connectivity index (χ2n) is 9.58. The third-order valence-electron chi connectivity index (χ3n) is 4.55. The van der Waals surface area contributed by atoms with Gasteiger partial charge in [-0.3, -0.25) is 14.9 Å². The third-order valence-corrected chi connectivity index (χ3v) is 5.31. The lowest BCUT2D eigenvalue weighted by Gasteiger charge is -2.37. The number of oxime groups is 1. The second-order valence-corrected chi connectivity index (χ2v) is 10.4. The van der Waals surface area contributed by atoms with E-state index in [9.17, 15) is 29.4 Å². The molecule has 1 aromatic rings. The molecular weight excluding hydrogens is 496 g/mol. The highest BCUT2D eigenvalue weighted by Crippen LogP contribution is 2.19. The van der Waals surface area contributed by atoms with Crippen molar-refractivity contribution in [2.75, 3.05) is 18.4 Å². The normalized spacial score (nSPS) is 19.0. The Morgan fingerprint density at radius 1 is 1.28 bits per heavy atom. The smallest absolute Gasteiger partial charge is 0.413 e. The molecule has 0 bridgehead atoms. The number of hydrogen-bond acceptors (Lipinski definition) is 11. The molecule has 0 aliphatic carbocycles. The summed E-state index contributed by atoms with van der Waals surface area (Å²) in [7, 11) is 0. The fourth-order valence-electron chi connectivity index (χ4n) is 2.67. The minimum absolute atomic E-state index is 0.0201. The number of β-lactam (4-membered cyclic amide) rings is 1. The van der Waals surface area contributed by atoms with Gasteiger partial charge in [-0.25, -0.2) is 14.6 Å². The Hall–Kier alpha value is -3.30. The van der Waals surface area contributed by atoms with Crippen LogP contribution < -0.4 is 21.3 Å². The molecule has 1 aromatic heterocycles. The zero-order valence-corrected chi connectivity index (χ0v) is 21.7. The van der Waals surface area contributed by atoms with Gasteiger partial charge in [-0.2, -0.15) is 0 Å². The van der Waals surface area contributed by atoms with Crippen LogP contribution in [0.2, 0.25) is 0 Å². The molecule has 36 heavy (non-hydrogen) atoms. The van der Waals surface area contributed by atoms with E-state index in [4.69, 9.17) is 9.57 Å². The fraction of sp³-hybridized carbons (Fsp3) is 0.619. The van der Waals surface area contributed by atoms with Crippen molar-refractivity contribution >= 4 is 46.1 Å². The summed E-state index contributed by atoms with van der Waals surface area (Å²) >= 11 is 0.974. The summed E-state index contributed by atoms with van der Waals surface area (Å²) in [5, 5.41) is 34.5. The van der Waals surface area contributed by atoms with Crippen molar-refractivity contribution < 1.29 is 39.0 Å². The number of ether oxygens (including phenoxy) is 1. The molecule has 15 heteroatoms. The lowest BCUT2D eigenvalue weighted by molar-refractivity contribution is -0.161. The number of anilines is 1. The summed E-state index contributed by atoms with van der Waals surface area (Å²) < 4.78 is 5.17. The molecule has 2 rings (SSSR count). The van der Waals surface area contributed by atoms with E-state index in [1.807, 2.05) is 0 Å². The van der Waals surface area contributed by atoms with Crippen LogP contribution >= 0.6 is 11.3 Å². The van der Waals surface area contributed by atoms with Gasteiger partial charge in [0.05, 0.1) is 12.1 Å². The van der Waals surface area contributed by atoms with Crippen LogP contribution in [-0.4, -0.2) is 87.3 Å². The summed E-state index contributed by atoms with van der Waals surface area (Å²) in [5.74, 6) is -2.59. The molecule has 14 nitrogen and oxygen atoms in total. The van der Waals surface area contributed by atoms with Crippen molar-refractivity contribution in [3.63, 3.8) is 0 Å². The first-order valence-electron chi connectivity index (χ1n) is 11.0. The van der Waals surface area contributed by atoms with Crippen molar-refractivity contribution in [3.05, 3.63) is 11.1 Å². The fourth-order valence-corrected chi connectivity index (χ4v) is 3.35. The molecule has 0 unspecified atom stereocenters. The van der Waals surface area contributed by atoms with Crippen LogP contribution in [0.3, 0.4) is 0 Å². The molecule has 3 amide bonds. The first kappa shape index (κ1) is 28.9. The van der Waals surface area contributed by atoms with E-state index < -0.39 is 59.0 Å². The number of aliphatic hydroxyl groups is 1. The number of rotatable bonds is 11. The molecular formula is C21H32N6O8S. The quantitative estimate of drug-likeness (QED) is 0.129. The highest BCUT2D eigenvalue weighted by molar-refractivity contribution is 7.14. The number of aromatic nitrogens is 1. The van der Waals surface area contributed by atoms with E-state index >= 15 is 0 Å².